The Bertz CT molecular complexity index is 833. The second kappa shape index (κ2) is 9.47. The van der Waals surface area contributed by atoms with E-state index < -0.39 is 0 Å². The monoisotopic (exact) mass is 396 g/mol. The maximum Gasteiger partial charge on any atom is 0.193 e. The van der Waals surface area contributed by atoms with Gasteiger partial charge in [-0.3, -0.25) is 14.4 Å². The number of nitrogens with zero attached hydrogens (tertiary/aromatic N) is 4. The third-order valence-corrected chi connectivity index (χ3v) is 6.30. The van der Waals surface area contributed by atoms with Crippen LogP contribution in [0.1, 0.15) is 17.7 Å². The Morgan fingerprint density at radius 3 is 2.79 bits per heavy atom. The van der Waals surface area contributed by atoms with Gasteiger partial charge in [-0.1, -0.05) is 30.3 Å². The highest BCUT2D eigenvalue weighted by Crippen LogP contribution is 2.20. The first kappa shape index (κ1) is 19.3. The first-order chi connectivity index (χ1) is 13.8. The van der Waals surface area contributed by atoms with Gasteiger partial charge in [-0.15, -0.1) is 11.3 Å². The zero-order valence-electron chi connectivity index (χ0n) is 16.2. The minimum absolute atomic E-state index is 0.246. The molecular formula is C22H28N4OS. The first-order valence-electron chi connectivity index (χ1n) is 10.0. The summed E-state index contributed by atoms with van der Waals surface area (Å²) in [5.41, 5.74) is 2.66. The summed E-state index contributed by atoms with van der Waals surface area (Å²) in [6.45, 7) is 5.32. The van der Waals surface area contributed by atoms with Crippen LogP contribution < -0.4 is 0 Å². The van der Waals surface area contributed by atoms with E-state index in [-0.39, 0.29) is 6.61 Å². The zero-order valence-corrected chi connectivity index (χ0v) is 17.0. The average molecular weight is 397 g/mol. The van der Waals surface area contributed by atoms with Crippen LogP contribution in [0.2, 0.25) is 0 Å². The lowest BCUT2D eigenvalue weighted by Gasteiger charge is -2.41. The molecule has 5 nitrogen and oxygen atoms in total. The normalized spacial score (nSPS) is 18.5. The molecule has 4 rings (SSSR count). The fourth-order valence-corrected chi connectivity index (χ4v) is 4.69. The van der Waals surface area contributed by atoms with Crippen molar-refractivity contribution in [1.29, 1.82) is 0 Å². The van der Waals surface area contributed by atoms with Gasteiger partial charge in [0.1, 0.15) is 0 Å². The lowest BCUT2D eigenvalue weighted by molar-refractivity contribution is 0.0554. The number of benzene rings is 1. The van der Waals surface area contributed by atoms with Crippen LogP contribution in [0.25, 0.3) is 5.13 Å². The van der Waals surface area contributed by atoms with Crippen molar-refractivity contribution >= 4 is 11.3 Å². The van der Waals surface area contributed by atoms with E-state index in [0.29, 0.717) is 6.04 Å². The lowest BCUT2D eigenvalue weighted by atomic mass is 10.1. The summed E-state index contributed by atoms with van der Waals surface area (Å²) in [4.78, 5) is 9.51. The number of piperazine rings is 1. The van der Waals surface area contributed by atoms with Crippen LogP contribution >= 0.6 is 11.3 Å². The lowest BCUT2D eigenvalue weighted by Crippen LogP contribution is -2.53. The molecule has 2 aromatic heterocycles. The van der Waals surface area contributed by atoms with E-state index in [4.69, 9.17) is 0 Å². The van der Waals surface area contributed by atoms with E-state index in [9.17, 15) is 5.11 Å². The van der Waals surface area contributed by atoms with Crippen molar-refractivity contribution in [2.45, 2.75) is 25.4 Å². The molecule has 6 heteroatoms. The fraction of sp³-hybridized carbons (Fsp3) is 0.409. The highest BCUT2D eigenvalue weighted by molar-refractivity contribution is 7.12. The molecule has 0 amide bonds. The van der Waals surface area contributed by atoms with Crippen molar-refractivity contribution in [2.24, 2.45) is 0 Å². The molecule has 1 N–H and O–H groups in total. The number of thiazole rings is 1. The van der Waals surface area contributed by atoms with Crippen LogP contribution in [0, 0.1) is 0 Å². The molecule has 1 saturated heterocycles. The van der Waals surface area contributed by atoms with E-state index in [2.05, 4.69) is 68.0 Å². The quantitative estimate of drug-likeness (QED) is 0.636. The van der Waals surface area contributed by atoms with Crippen LogP contribution in [0.3, 0.4) is 0 Å². The Hall–Kier alpha value is -1.99. The first-order valence-corrected chi connectivity index (χ1v) is 10.9. The van der Waals surface area contributed by atoms with Crippen molar-refractivity contribution in [3.05, 3.63) is 71.5 Å². The number of aliphatic hydroxyl groups excluding tert-OH is 1. The van der Waals surface area contributed by atoms with Crippen molar-refractivity contribution < 1.29 is 5.11 Å². The molecule has 3 heterocycles. The predicted molar refractivity (Wildman–Crippen MR) is 114 cm³/mol. The van der Waals surface area contributed by atoms with Crippen LogP contribution in [-0.2, 0) is 13.0 Å². The summed E-state index contributed by atoms with van der Waals surface area (Å²) >= 11 is 1.66. The number of aliphatic hydroxyl groups is 1. The van der Waals surface area contributed by atoms with Crippen molar-refractivity contribution in [1.82, 2.24) is 19.4 Å². The predicted octanol–water partition coefficient (Wildman–Crippen LogP) is 3.05. The summed E-state index contributed by atoms with van der Waals surface area (Å²) in [5, 5.41) is 12.6. The smallest absolute Gasteiger partial charge is 0.193 e. The topological polar surface area (TPSA) is 44.5 Å². The maximum absolute atomic E-state index is 9.58. The Morgan fingerprint density at radius 2 is 2.00 bits per heavy atom. The minimum Gasteiger partial charge on any atom is -0.396 e. The Balaban J connectivity index is 1.37. The highest BCUT2D eigenvalue weighted by atomic mass is 32.1. The second-order valence-electron chi connectivity index (χ2n) is 7.36. The standard InChI is InChI=1S/C22H28N4OS/c27-15-9-20-17-24(13-14-25(20)12-8-19-5-2-1-3-6-19)18-21-7-4-11-26(21)22-23-10-16-28-22/h1-7,10-11,16,20,27H,8-9,12-15,17-18H2. The van der Waals surface area contributed by atoms with E-state index in [1.54, 1.807) is 11.3 Å². The van der Waals surface area contributed by atoms with E-state index in [1.165, 1.54) is 11.3 Å². The molecule has 0 spiro atoms. The van der Waals surface area contributed by atoms with Gasteiger partial charge in [-0.2, -0.15) is 0 Å². The van der Waals surface area contributed by atoms with Crippen molar-refractivity contribution in [3.8, 4) is 5.13 Å². The largest absolute Gasteiger partial charge is 0.396 e. The third kappa shape index (κ3) is 4.70. The second-order valence-corrected chi connectivity index (χ2v) is 8.23. The molecule has 0 saturated carbocycles. The average Bonchev–Trinajstić information content (AvgIpc) is 3.40. The van der Waals surface area contributed by atoms with E-state index >= 15 is 0 Å². The highest BCUT2D eigenvalue weighted by Gasteiger charge is 2.26. The molecule has 1 aliphatic heterocycles. The molecule has 148 valence electrons. The van der Waals surface area contributed by atoms with Gasteiger partial charge in [0.15, 0.2) is 5.13 Å². The van der Waals surface area contributed by atoms with E-state index in [0.717, 1.165) is 50.7 Å². The van der Waals surface area contributed by atoms with Gasteiger partial charge in [0, 0.05) is 68.8 Å². The SMILES string of the molecule is OCCC1CN(Cc2cccn2-c2nccs2)CCN1CCc1ccccc1. The minimum atomic E-state index is 0.246. The molecule has 0 radical (unpaired) electrons. The molecule has 1 aromatic carbocycles. The molecule has 1 unspecified atom stereocenters. The summed E-state index contributed by atoms with van der Waals surface area (Å²) in [7, 11) is 0. The third-order valence-electron chi connectivity index (χ3n) is 5.53. The summed E-state index contributed by atoms with van der Waals surface area (Å²) in [6, 6.07) is 15.4. The van der Waals surface area contributed by atoms with Crippen LogP contribution in [0.15, 0.2) is 60.2 Å². The molecule has 3 aromatic rings. The molecule has 0 aliphatic carbocycles. The van der Waals surface area contributed by atoms with E-state index in [1.807, 2.05) is 11.6 Å². The van der Waals surface area contributed by atoms with Gasteiger partial charge in [0.25, 0.3) is 0 Å². The molecule has 28 heavy (non-hydrogen) atoms. The number of hydrogen-bond acceptors (Lipinski definition) is 5. The molecule has 0 bridgehead atoms. The van der Waals surface area contributed by atoms with Gasteiger partial charge >= 0.3 is 0 Å². The van der Waals surface area contributed by atoms with Crippen LogP contribution in [0.4, 0.5) is 0 Å². The summed E-state index contributed by atoms with van der Waals surface area (Å²) in [6.07, 6.45) is 5.84. The molecule has 1 aliphatic rings. The molecular weight excluding hydrogens is 368 g/mol. The zero-order chi connectivity index (χ0) is 19.2. The number of hydrogen-bond donors (Lipinski definition) is 1. The molecule has 1 atom stereocenters. The fourth-order valence-electron chi connectivity index (χ4n) is 4.03. The van der Waals surface area contributed by atoms with Gasteiger partial charge in [0.2, 0.25) is 0 Å². The molecule has 1 fully saturated rings. The Morgan fingerprint density at radius 1 is 1.11 bits per heavy atom. The summed E-state index contributed by atoms with van der Waals surface area (Å²) in [5.74, 6) is 0. The van der Waals surface area contributed by atoms with Crippen molar-refractivity contribution in [2.75, 3.05) is 32.8 Å². The van der Waals surface area contributed by atoms with Gasteiger partial charge in [0.05, 0.1) is 0 Å². The Kier molecular flexibility index (Phi) is 6.54. The number of rotatable bonds is 8. The maximum atomic E-state index is 9.58. The van der Waals surface area contributed by atoms with Crippen LogP contribution in [0.5, 0.6) is 0 Å². The van der Waals surface area contributed by atoms with Crippen LogP contribution in [-0.4, -0.2) is 63.3 Å². The Labute approximate surface area is 170 Å². The van der Waals surface area contributed by atoms with Gasteiger partial charge < -0.3 is 5.11 Å². The number of aromatic nitrogens is 2. The van der Waals surface area contributed by atoms with Gasteiger partial charge in [-0.25, -0.2) is 4.98 Å². The summed E-state index contributed by atoms with van der Waals surface area (Å²) < 4.78 is 2.19. The van der Waals surface area contributed by atoms with Gasteiger partial charge in [-0.05, 0) is 30.5 Å². The van der Waals surface area contributed by atoms with Crippen molar-refractivity contribution in [3.63, 3.8) is 0 Å².